The normalized spacial score (nSPS) is 9.56. The second-order valence-electron chi connectivity index (χ2n) is 3.84. The van der Waals surface area contributed by atoms with Crippen LogP contribution in [0.5, 0.6) is 5.75 Å². The molecule has 0 bridgehead atoms. The summed E-state index contributed by atoms with van der Waals surface area (Å²) < 4.78 is 2.02. The number of phenolic OH excluding ortho intramolecular Hbond substituents is 1. The van der Waals surface area contributed by atoms with Gasteiger partial charge in [0.05, 0.1) is 0 Å². The van der Waals surface area contributed by atoms with E-state index in [2.05, 4.69) is 31.9 Å². The smallest absolute Gasteiger partial charge is 0.119 e. The van der Waals surface area contributed by atoms with Gasteiger partial charge in [0.2, 0.25) is 0 Å². The lowest BCUT2D eigenvalue weighted by atomic mass is 10.2. The molecule has 96 valence electrons. The zero-order valence-electron chi connectivity index (χ0n) is 10.2. The van der Waals surface area contributed by atoms with Gasteiger partial charge in [-0.05, 0) is 43.7 Å². The highest BCUT2D eigenvalue weighted by atomic mass is 79.9. The van der Waals surface area contributed by atoms with E-state index in [4.69, 9.17) is 10.8 Å². The Bertz CT molecular complexity index is 451. The Morgan fingerprint density at radius 3 is 1.78 bits per heavy atom. The molecule has 0 unspecified atom stereocenters. The molecule has 4 heteroatoms. The van der Waals surface area contributed by atoms with Gasteiger partial charge in [0, 0.05) is 20.2 Å². The Morgan fingerprint density at radius 1 is 0.889 bits per heavy atom. The molecule has 2 aromatic carbocycles. The second-order valence-corrected chi connectivity index (χ2v) is 5.55. The maximum absolute atomic E-state index is 9.07. The molecule has 0 saturated carbocycles. The number of benzene rings is 2. The molecule has 0 amide bonds. The Balaban J connectivity index is 0.000000180. The number of hydrogen-bond acceptors (Lipinski definition) is 2. The van der Waals surface area contributed by atoms with Crippen LogP contribution in [-0.4, -0.2) is 5.11 Å². The van der Waals surface area contributed by atoms with E-state index in [0.29, 0.717) is 5.75 Å². The average Bonchev–Trinajstić information content (AvgIpc) is 2.34. The third kappa shape index (κ3) is 4.03. The molecule has 2 aromatic rings. The van der Waals surface area contributed by atoms with Crippen molar-refractivity contribution in [2.24, 2.45) is 0 Å². The topological polar surface area (TPSA) is 46.2 Å². The van der Waals surface area contributed by atoms with E-state index < -0.39 is 0 Å². The molecule has 0 spiro atoms. The highest BCUT2D eigenvalue weighted by Gasteiger charge is 1.96. The van der Waals surface area contributed by atoms with Gasteiger partial charge < -0.3 is 10.8 Å². The molecule has 0 aliphatic heterocycles. The minimum atomic E-state index is 0.337. The molecule has 2 nitrogen and oxygen atoms in total. The van der Waals surface area contributed by atoms with E-state index in [0.717, 1.165) is 25.8 Å². The van der Waals surface area contributed by atoms with Gasteiger partial charge in [-0.3, -0.25) is 0 Å². The van der Waals surface area contributed by atoms with Gasteiger partial charge in [-0.1, -0.05) is 44.0 Å². The highest BCUT2D eigenvalue weighted by Crippen LogP contribution is 2.23. The van der Waals surface area contributed by atoms with E-state index in [-0.39, 0.29) is 0 Å². The summed E-state index contributed by atoms with van der Waals surface area (Å²) in [5, 5.41) is 9.07. The van der Waals surface area contributed by atoms with E-state index in [1.807, 2.05) is 38.1 Å². The summed E-state index contributed by atoms with van der Waals surface area (Å²) in [4.78, 5) is 0. The lowest BCUT2D eigenvalue weighted by Crippen LogP contribution is -1.88. The first kappa shape index (κ1) is 15.1. The van der Waals surface area contributed by atoms with Gasteiger partial charge >= 0.3 is 0 Å². The molecule has 0 aliphatic rings. The van der Waals surface area contributed by atoms with Crippen molar-refractivity contribution >= 4 is 37.5 Å². The van der Waals surface area contributed by atoms with Crippen molar-refractivity contribution in [3.05, 3.63) is 56.5 Å². The number of aromatic hydroxyl groups is 1. The molecule has 0 radical (unpaired) electrons. The fraction of sp³-hybridized carbons (Fsp3) is 0.143. The summed E-state index contributed by atoms with van der Waals surface area (Å²) in [5.41, 5.74) is 8.42. The fourth-order valence-electron chi connectivity index (χ4n) is 1.22. The van der Waals surface area contributed by atoms with Gasteiger partial charge in [-0.15, -0.1) is 0 Å². The third-order valence-corrected chi connectivity index (χ3v) is 4.27. The molecule has 18 heavy (non-hydrogen) atoms. The molecular formula is C14H15Br2NO. The van der Waals surface area contributed by atoms with Crippen LogP contribution in [-0.2, 0) is 0 Å². The molecule has 3 N–H and O–H groups in total. The molecule has 0 aliphatic carbocycles. The molecular weight excluding hydrogens is 358 g/mol. The maximum atomic E-state index is 9.07. The van der Waals surface area contributed by atoms with Crippen LogP contribution in [0.25, 0.3) is 0 Å². The van der Waals surface area contributed by atoms with Crippen LogP contribution < -0.4 is 5.73 Å². The summed E-state index contributed by atoms with van der Waals surface area (Å²) in [6.45, 7) is 3.85. The number of rotatable bonds is 0. The zero-order valence-corrected chi connectivity index (χ0v) is 13.4. The maximum Gasteiger partial charge on any atom is 0.119 e. The number of nitrogens with two attached hydrogens (primary N) is 1. The van der Waals surface area contributed by atoms with Gasteiger partial charge in [-0.25, -0.2) is 0 Å². The van der Waals surface area contributed by atoms with Crippen molar-refractivity contribution in [2.45, 2.75) is 13.8 Å². The molecule has 0 fully saturated rings. The molecule has 0 aromatic heterocycles. The van der Waals surface area contributed by atoms with E-state index in [9.17, 15) is 0 Å². The van der Waals surface area contributed by atoms with Crippen molar-refractivity contribution in [1.29, 1.82) is 0 Å². The van der Waals surface area contributed by atoms with E-state index >= 15 is 0 Å². The van der Waals surface area contributed by atoms with Gasteiger partial charge in [0.25, 0.3) is 0 Å². The van der Waals surface area contributed by atoms with E-state index in [1.54, 1.807) is 12.1 Å². The monoisotopic (exact) mass is 371 g/mol. The number of hydrogen-bond donors (Lipinski definition) is 2. The first-order valence-electron chi connectivity index (χ1n) is 5.38. The molecule has 0 saturated heterocycles. The van der Waals surface area contributed by atoms with E-state index in [1.165, 1.54) is 0 Å². The van der Waals surface area contributed by atoms with Crippen LogP contribution in [0.1, 0.15) is 11.1 Å². The average molecular weight is 373 g/mol. The van der Waals surface area contributed by atoms with Gasteiger partial charge in [0.1, 0.15) is 5.75 Å². The highest BCUT2D eigenvalue weighted by molar-refractivity contribution is 9.10. The number of halogens is 2. The molecule has 2 rings (SSSR count). The molecule has 0 heterocycles. The Hall–Kier alpha value is -1.00. The van der Waals surface area contributed by atoms with Crippen molar-refractivity contribution < 1.29 is 5.11 Å². The summed E-state index contributed by atoms with van der Waals surface area (Å²) in [6.07, 6.45) is 0. The van der Waals surface area contributed by atoms with Crippen LogP contribution in [0.15, 0.2) is 45.3 Å². The second kappa shape index (κ2) is 6.81. The third-order valence-electron chi connectivity index (χ3n) is 2.55. The summed E-state index contributed by atoms with van der Waals surface area (Å²) in [6, 6.07) is 11.2. The SMILES string of the molecule is Cc1c(N)cccc1Br.Cc1c(O)cccc1Br. The standard InChI is InChI=1S/C7H8BrN.C7H7BrO/c2*1-5-6(8)3-2-4-7(5)9/h2-4H,9H2,1H3;2-4,9H,1H3. The fourth-order valence-corrected chi connectivity index (χ4v) is 1.96. The summed E-state index contributed by atoms with van der Waals surface area (Å²) >= 11 is 6.65. The quantitative estimate of drug-likeness (QED) is 0.652. The lowest BCUT2D eigenvalue weighted by molar-refractivity contribution is 0.470. The number of anilines is 1. The molecule has 0 atom stereocenters. The van der Waals surface area contributed by atoms with Gasteiger partial charge in [0.15, 0.2) is 0 Å². The van der Waals surface area contributed by atoms with Crippen molar-refractivity contribution in [2.75, 3.05) is 5.73 Å². The first-order chi connectivity index (χ1) is 8.43. The largest absolute Gasteiger partial charge is 0.508 e. The van der Waals surface area contributed by atoms with Crippen LogP contribution in [0.2, 0.25) is 0 Å². The van der Waals surface area contributed by atoms with Crippen LogP contribution in [0.3, 0.4) is 0 Å². The minimum absolute atomic E-state index is 0.337. The predicted molar refractivity (Wildman–Crippen MR) is 83.8 cm³/mol. The summed E-state index contributed by atoms with van der Waals surface area (Å²) in [5.74, 6) is 0.337. The van der Waals surface area contributed by atoms with Gasteiger partial charge in [-0.2, -0.15) is 0 Å². The van der Waals surface area contributed by atoms with Crippen LogP contribution >= 0.6 is 31.9 Å². The lowest BCUT2D eigenvalue weighted by Gasteiger charge is -1.99. The van der Waals surface area contributed by atoms with Crippen LogP contribution in [0.4, 0.5) is 5.69 Å². The van der Waals surface area contributed by atoms with Crippen molar-refractivity contribution in [1.82, 2.24) is 0 Å². The number of phenols is 1. The summed E-state index contributed by atoms with van der Waals surface area (Å²) in [7, 11) is 0. The zero-order chi connectivity index (χ0) is 13.7. The minimum Gasteiger partial charge on any atom is -0.508 e. The number of nitrogen functional groups attached to an aromatic ring is 1. The Morgan fingerprint density at radius 2 is 1.39 bits per heavy atom. The Labute approximate surface area is 124 Å². The predicted octanol–water partition coefficient (Wildman–Crippen LogP) is 4.80. The van der Waals surface area contributed by atoms with Crippen molar-refractivity contribution in [3.63, 3.8) is 0 Å². The first-order valence-corrected chi connectivity index (χ1v) is 6.96. The van der Waals surface area contributed by atoms with Crippen LogP contribution in [0, 0.1) is 13.8 Å². The van der Waals surface area contributed by atoms with Crippen molar-refractivity contribution in [3.8, 4) is 5.75 Å². The Kier molecular flexibility index (Phi) is 5.69.